The number of nitrogens with zero attached hydrogens (tertiary/aromatic N) is 3. The van der Waals surface area contributed by atoms with Crippen LogP contribution in [0.1, 0.15) is 39.0 Å². The van der Waals surface area contributed by atoms with E-state index in [1.54, 1.807) is 35.5 Å². The van der Waals surface area contributed by atoms with Gasteiger partial charge in [0.25, 0.3) is 11.8 Å². The quantitative estimate of drug-likeness (QED) is 0.690. The Bertz CT molecular complexity index is 930. The van der Waals surface area contributed by atoms with Gasteiger partial charge >= 0.3 is 0 Å². The van der Waals surface area contributed by atoms with Crippen molar-refractivity contribution in [1.82, 2.24) is 20.2 Å². The second-order valence-electron chi connectivity index (χ2n) is 6.26. The van der Waals surface area contributed by atoms with Crippen molar-refractivity contribution in [2.45, 2.75) is 20.0 Å². The third kappa shape index (κ3) is 5.01. The first-order valence-electron chi connectivity index (χ1n) is 9.14. The van der Waals surface area contributed by atoms with Crippen molar-refractivity contribution >= 4 is 11.8 Å². The van der Waals surface area contributed by atoms with E-state index in [9.17, 15) is 9.59 Å². The lowest BCUT2D eigenvalue weighted by Crippen LogP contribution is -2.32. The van der Waals surface area contributed by atoms with E-state index < -0.39 is 0 Å². The molecule has 0 aliphatic heterocycles. The van der Waals surface area contributed by atoms with Crippen molar-refractivity contribution in [2.75, 3.05) is 6.54 Å². The maximum absolute atomic E-state index is 12.9. The molecule has 142 valence electrons. The number of aromatic nitrogens is 2. The summed E-state index contributed by atoms with van der Waals surface area (Å²) in [6.45, 7) is 3.31. The third-order valence-corrected chi connectivity index (χ3v) is 4.26. The Morgan fingerprint density at radius 2 is 1.68 bits per heavy atom. The van der Waals surface area contributed by atoms with Gasteiger partial charge in [0, 0.05) is 32.0 Å². The van der Waals surface area contributed by atoms with E-state index in [2.05, 4.69) is 15.3 Å². The summed E-state index contributed by atoms with van der Waals surface area (Å²) in [5.41, 5.74) is 2.41. The number of nitrogens with one attached hydrogen (secondary N) is 1. The fraction of sp³-hybridized carbons (Fsp3) is 0.182. The summed E-state index contributed by atoms with van der Waals surface area (Å²) >= 11 is 0. The van der Waals surface area contributed by atoms with Gasteiger partial charge in [-0.25, -0.2) is 4.98 Å². The zero-order valence-electron chi connectivity index (χ0n) is 15.7. The molecule has 3 rings (SSSR count). The summed E-state index contributed by atoms with van der Waals surface area (Å²) in [5.74, 6) is -0.530. The minimum absolute atomic E-state index is 0.201. The normalized spacial score (nSPS) is 10.3. The number of pyridine rings is 2. The minimum Gasteiger partial charge on any atom is -0.347 e. The first-order chi connectivity index (χ1) is 13.7. The molecule has 2 heterocycles. The van der Waals surface area contributed by atoms with Gasteiger partial charge < -0.3 is 10.2 Å². The molecule has 0 spiro atoms. The summed E-state index contributed by atoms with van der Waals surface area (Å²) in [4.78, 5) is 35.3. The molecular weight excluding hydrogens is 352 g/mol. The zero-order valence-corrected chi connectivity index (χ0v) is 15.7. The average Bonchev–Trinajstić information content (AvgIpc) is 2.77. The molecule has 6 nitrogen and oxygen atoms in total. The molecule has 0 aliphatic carbocycles. The van der Waals surface area contributed by atoms with E-state index >= 15 is 0 Å². The number of hydrogen-bond acceptors (Lipinski definition) is 4. The Morgan fingerprint density at radius 3 is 2.39 bits per heavy atom. The third-order valence-electron chi connectivity index (χ3n) is 4.26. The maximum Gasteiger partial charge on any atom is 0.272 e. The van der Waals surface area contributed by atoms with Crippen molar-refractivity contribution in [1.29, 1.82) is 0 Å². The molecule has 28 heavy (non-hydrogen) atoms. The molecule has 1 N–H and O–H groups in total. The van der Waals surface area contributed by atoms with Crippen molar-refractivity contribution in [3.63, 3.8) is 0 Å². The molecule has 3 aromatic rings. The van der Waals surface area contributed by atoms with Crippen LogP contribution in [0, 0.1) is 0 Å². The summed E-state index contributed by atoms with van der Waals surface area (Å²) in [6.07, 6.45) is 3.37. The minimum atomic E-state index is -0.329. The van der Waals surface area contributed by atoms with Crippen LogP contribution in [-0.4, -0.2) is 33.2 Å². The number of hydrogen-bond donors (Lipinski definition) is 1. The van der Waals surface area contributed by atoms with E-state index in [1.807, 2.05) is 49.4 Å². The highest BCUT2D eigenvalue weighted by Gasteiger charge is 2.18. The van der Waals surface area contributed by atoms with Gasteiger partial charge in [-0.15, -0.1) is 0 Å². The fourth-order valence-corrected chi connectivity index (χ4v) is 2.75. The molecule has 0 bridgehead atoms. The maximum atomic E-state index is 12.9. The standard InChI is InChI=1S/C22H22N4O2/c1-2-26(16-17-8-4-3-5-9-17)22(28)20-12-6-11-19(25-20)21(27)24-15-18-10-7-13-23-14-18/h3-14H,2,15-16H2,1H3,(H,24,27). The van der Waals surface area contributed by atoms with E-state index in [4.69, 9.17) is 0 Å². The van der Waals surface area contributed by atoms with Crippen molar-refractivity contribution in [3.05, 3.63) is 95.6 Å². The lowest BCUT2D eigenvalue weighted by atomic mass is 10.2. The summed E-state index contributed by atoms with van der Waals surface area (Å²) in [5, 5.41) is 2.80. The van der Waals surface area contributed by atoms with Crippen LogP contribution in [0.5, 0.6) is 0 Å². The SMILES string of the molecule is CCN(Cc1ccccc1)C(=O)c1cccc(C(=O)NCc2cccnc2)n1. The summed E-state index contributed by atoms with van der Waals surface area (Å²) in [6, 6.07) is 18.4. The van der Waals surface area contributed by atoms with Crippen LogP contribution in [0.4, 0.5) is 0 Å². The molecular formula is C22H22N4O2. The highest BCUT2D eigenvalue weighted by Crippen LogP contribution is 2.10. The van der Waals surface area contributed by atoms with Gasteiger partial charge in [0.15, 0.2) is 0 Å². The van der Waals surface area contributed by atoms with E-state index in [0.717, 1.165) is 11.1 Å². The number of rotatable bonds is 7. The van der Waals surface area contributed by atoms with E-state index in [0.29, 0.717) is 19.6 Å². The molecule has 2 aromatic heterocycles. The molecule has 1 aromatic carbocycles. The Hall–Kier alpha value is -3.54. The van der Waals surface area contributed by atoms with Crippen LogP contribution >= 0.6 is 0 Å². The summed E-state index contributed by atoms with van der Waals surface area (Å²) in [7, 11) is 0. The lowest BCUT2D eigenvalue weighted by Gasteiger charge is -2.20. The highest BCUT2D eigenvalue weighted by atomic mass is 16.2. The first kappa shape index (κ1) is 19.2. The molecule has 0 aliphatic rings. The van der Waals surface area contributed by atoms with Gasteiger partial charge in [0.05, 0.1) is 0 Å². The Balaban J connectivity index is 1.68. The van der Waals surface area contributed by atoms with Gasteiger partial charge in [-0.05, 0) is 36.2 Å². The number of carbonyl (C=O) groups excluding carboxylic acids is 2. The molecule has 2 amide bonds. The van der Waals surface area contributed by atoms with Crippen LogP contribution in [0.15, 0.2) is 73.1 Å². The van der Waals surface area contributed by atoms with Gasteiger partial charge in [-0.3, -0.25) is 14.6 Å². The predicted molar refractivity (Wildman–Crippen MR) is 107 cm³/mol. The van der Waals surface area contributed by atoms with E-state index in [1.165, 1.54) is 0 Å². The molecule has 6 heteroatoms. The van der Waals surface area contributed by atoms with Crippen LogP contribution in [-0.2, 0) is 13.1 Å². The predicted octanol–water partition coefficient (Wildman–Crippen LogP) is 3.07. The van der Waals surface area contributed by atoms with Gasteiger partial charge in [-0.1, -0.05) is 42.5 Å². The second-order valence-corrected chi connectivity index (χ2v) is 6.26. The Kier molecular flexibility index (Phi) is 6.46. The van der Waals surface area contributed by atoms with Crippen molar-refractivity contribution in [3.8, 4) is 0 Å². The van der Waals surface area contributed by atoms with Crippen molar-refractivity contribution in [2.24, 2.45) is 0 Å². The van der Waals surface area contributed by atoms with Crippen LogP contribution in [0.2, 0.25) is 0 Å². The zero-order chi connectivity index (χ0) is 19.8. The number of benzene rings is 1. The Morgan fingerprint density at radius 1 is 0.929 bits per heavy atom. The molecule has 0 radical (unpaired) electrons. The molecule has 0 fully saturated rings. The smallest absolute Gasteiger partial charge is 0.272 e. The lowest BCUT2D eigenvalue weighted by molar-refractivity contribution is 0.0746. The first-order valence-corrected chi connectivity index (χ1v) is 9.14. The summed E-state index contributed by atoms with van der Waals surface area (Å²) < 4.78 is 0. The van der Waals surface area contributed by atoms with Crippen molar-refractivity contribution < 1.29 is 9.59 Å². The molecule has 0 saturated carbocycles. The second kappa shape index (κ2) is 9.41. The van der Waals surface area contributed by atoms with Crippen LogP contribution < -0.4 is 5.32 Å². The van der Waals surface area contributed by atoms with Gasteiger partial charge in [-0.2, -0.15) is 0 Å². The highest BCUT2D eigenvalue weighted by molar-refractivity contribution is 5.96. The molecule has 0 saturated heterocycles. The van der Waals surface area contributed by atoms with E-state index in [-0.39, 0.29) is 23.2 Å². The fourth-order valence-electron chi connectivity index (χ4n) is 2.75. The van der Waals surface area contributed by atoms with Gasteiger partial charge in [0.2, 0.25) is 0 Å². The van der Waals surface area contributed by atoms with Crippen LogP contribution in [0.3, 0.4) is 0 Å². The molecule has 0 unspecified atom stereocenters. The largest absolute Gasteiger partial charge is 0.347 e. The number of carbonyl (C=O) groups is 2. The Labute approximate surface area is 164 Å². The van der Waals surface area contributed by atoms with Gasteiger partial charge in [0.1, 0.15) is 11.4 Å². The molecule has 0 atom stereocenters. The average molecular weight is 374 g/mol. The topological polar surface area (TPSA) is 75.2 Å². The number of amides is 2. The monoisotopic (exact) mass is 374 g/mol. The van der Waals surface area contributed by atoms with Crippen LogP contribution in [0.25, 0.3) is 0 Å².